The average molecular weight is 322 g/mol. The van der Waals surface area contributed by atoms with E-state index in [4.69, 9.17) is 4.42 Å². The van der Waals surface area contributed by atoms with Crippen LogP contribution in [-0.4, -0.2) is 10.2 Å². The number of alkyl halides is 3. The Morgan fingerprint density at radius 3 is 2.26 bits per heavy atom. The van der Waals surface area contributed by atoms with Gasteiger partial charge in [0.2, 0.25) is 11.8 Å². The van der Waals surface area contributed by atoms with E-state index < -0.39 is 17.6 Å². The van der Waals surface area contributed by atoms with E-state index in [0.29, 0.717) is 17.0 Å². The lowest BCUT2D eigenvalue weighted by Crippen LogP contribution is -2.08. The van der Waals surface area contributed by atoms with Gasteiger partial charge < -0.3 is 4.42 Å². The second-order valence-electron chi connectivity index (χ2n) is 4.86. The predicted molar refractivity (Wildman–Crippen MR) is 74.9 cm³/mol. The van der Waals surface area contributed by atoms with Crippen molar-refractivity contribution < 1.29 is 22.0 Å². The van der Waals surface area contributed by atoms with E-state index in [2.05, 4.69) is 10.2 Å². The van der Waals surface area contributed by atoms with Crippen molar-refractivity contribution in [3.05, 3.63) is 59.7 Å². The maximum Gasteiger partial charge on any atom is 0.419 e. The van der Waals surface area contributed by atoms with Gasteiger partial charge in [-0.3, -0.25) is 0 Å². The maximum absolute atomic E-state index is 13.4. The van der Waals surface area contributed by atoms with Gasteiger partial charge in [-0.2, -0.15) is 13.2 Å². The molecule has 0 aliphatic carbocycles. The zero-order valence-corrected chi connectivity index (χ0v) is 11.9. The summed E-state index contributed by atoms with van der Waals surface area (Å²) in [5.74, 6) is -0.784. The standard InChI is InChI=1S/C16H10F4N2O/c1-9-21-22-15(23-9)12-5-3-2-4-11(12)10-6-7-14(17)13(8-10)16(18,19)20/h2-8H,1H3. The highest BCUT2D eigenvalue weighted by Gasteiger charge is 2.34. The SMILES string of the molecule is Cc1nnc(-c2ccccc2-c2ccc(F)c(C(F)(F)F)c2)o1. The van der Waals surface area contributed by atoms with E-state index in [0.717, 1.165) is 12.1 Å². The quantitative estimate of drug-likeness (QED) is 0.632. The molecule has 0 N–H and O–H groups in total. The third-order valence-electron chi connectivity index (χ3n) is 3.27. The molecule has 3 nitrogen and oxygen atoms in total. The molecular weight excluding hydrogens is 312 g/mol. The first kappa shape index (κ1) is 15.2. The lowest BCUT2D eigenvalue weighted by molar-refractivity contribution is -0.139. The van der Waals surface area contributed by atoms with Crippen molar-refractivity contribution in [3.63, 3.8) is 0 Å². The van der Waals surface area contributed by atoms with Gasteiger partial charge in [-0.25, -0.2) is 4.39 Å². The van der Waals surface area contributed by atoms with Crippen molar-refractivity contribution in [3.8, 4) is 22.6 Å². The second kappa shape index (κ2) is 5.49. The lowest BCUT2D eigenvalue weighted by Gasteiger charge is -2.12. The van der Waals surface area contributed by atoms with Crippen LogP contribution in [0.1, 0.15) is 11.5 Å². The monoisotopic (exact) mass is 322 g/mol. The van der Waals surface area contributed by atoms with E-state index in [9.17, 15) is 17.6 Å². The molecule has 0 bridgehead atoms. The van der Waals surface area contributed by atoms with Crippen LogP contribution in [0.3, 0.4) is 0 Å². The molecule has 0 atom stereocenters. The van der Waals surface area contributed by atoms with Crippen molar-refractivity contribution in [2.45, 2.75) is 13.1 Å². The zero-order valence-electron chi connectivity index (χ0n) is 11.9. The number of aryl methyl sites for hydroxylation is 1. The molecule has 2 aromatic carbocycles. The smallest absolute Gasteiger partial charge is 0.419 e. The van der Waals surface area contributed by atoms with Gasteiger partial charge in [0.15, 0.2) is 0 Å². The first-order valence-electron chi connectivity index (χ1n) is 6.63. The van der Waals surface area contributed by atoms with E-state index >= 15 is 0 Å². The number of halogens is 4. The van der Waals surface area contributed by atoms with E-state index in [1.165, 1.54) is 6.07 Å². The summed E-state index contributed by atoms with van der Waals surface area (Å²) in [6, 6.07) is 9.49. The predicted octanol–water partition coefficient (Wildman–Crippen LogP) is 4.87. The number of nitrogens with zero attached hydrogens (tertiary/aromatic N) is 2. The zero-order chi connectivity index (χ0) is 16.6. The van der Waals surface area contributed by atoms with Gasteiger partial charge in [-0.05, 0) is 29.3 Å². The van der Waals surface area contributed by atoms with Crippen molar-refractivity contribution in [1.82, 2.24) is 10.2 Å². The van der Waals surface area contributed by atoms with Crippen LogP contribution in [0.4, 0.5) is 17.6 Å². The molecule has 0 unspecified atom stereocenters. The first-order valence-corrected chi connectivity index (χ1v) is 6.63. The Morgan fingerprint density at radius 1 is 0.957 bits per heavy atom. The van der Waals surface area contributed by atoms with Gasteiger partial charge in [-0.15, -0.1) is 10.2 Å². The van der Waals surface area contributed by atoms with Crippen LogP contribution in [0, 0.1) is 12.7 Å². The Kier molecular flexibility index (Phi) is 3.63. The van der Waals surface area contributed by atoms with Crippen LogP contribution in [0.5, 0.6) is 0 Å². The van der Waals surface area contributed by atoms with Crippen LogP contribution < -0.4 is 0 Å². The average Bonchev–Trinajstić information content (AvgIpc) is 2.93. The molecule has 0 aliphatic rings. The van der Waals surface area contributed by atoms with Crippen molar-refractivity contribution in [1.29, 1.82) is 0 Å². The minimum absolute atomic E-state index is 0.191. The Hall–Kier alpha value is -2.70. The van der Waals surface area contributed by atoms with Crippen molar-refractivity contribution >= 4 is 0 Å². The van der Waals surface area contributed by atoms with Gasteiger partial charge in [0.25, 0.3) is 0 Å². The number of hydrogen-bond donors (Lipinski definition) is 0. The normalized spacial score (nSPS) is 11.7. The second-order valence-corrected chi connectivity index (χ2v) is 4.86. The summed E-state index contributed by atoms with van der Waals surface area (Å²) < 4.78 is 57.5. The van der Waals surface area contributed by atoms with Crippen molar-refractivity contribution in [2.24, 2.45) is 0 Å². The molecule has 118 valence electrons. The van der Waals surface area contributed by atoms with Crippen LogP contribution in [-0.2, 0) is 6.18 Å². The largest absolute Gasteiger partial charge is 0.421 e. The molecule has 0 radical (unpaired) electrons. The minimum atomic E-state index is -4.77. The maximum atomic E-state index is 13.4. The van der Waals surface area contributed by atoms with Crippen molar-refractivity contribution in [2.75, 3.05) is 0 Å². The third kappa shape index (κ3) is 2.94. The summed E-state index contributed by atoms with van der Waals surface area (Å²) in [4.78, 5) is 0. The summed E-state index contributed by atoms with van der Waals surface area (Å²) in [6.07, 6.45) is -4.77. The number of benzene rings is 2. The minimum Gasteiger partial charge on any atom is -0.421 e. The number of aromatic nitrogens is 2. The topological polar surface area (TPSA) is 38.9 Å². The summed E-state index contributed by atoms with van der Waals surface area (Å²) in [5, 5.41) is 7.59. The first-order chi connectivity index (χ1) is 10.9. The summed E-state index contributed by atoms with van der Waals surface area (Å²) in [6.45, 7) is 1.61. The molecule has 3 aromatic rings. The highest BCUT2D eigenvalue weighted by atomic mass is 19.4. The lowest BCUT2D eigenvalue weighted by atomic mass is 9.97. The van der Waals surface area contributed by atoms with Gasteiger partial charge in [0.1, 0.15) is 5.82 Å². The molecule has 1 aromatic heterocycles. The third-order valence-corrected chi connectivity index (χ3v) is 3.27. The molecule has 0 saturated carbocycles. The van der Waals surface area contributed by atoms with E-state index in [1.807, 2.05) is 0 Å². The van der Waals surface area contributed by atoms with E-state index in [1.54, 1.807) is 31.2 Å². The molecule has 23 heavy (non-hydrogen) atoms. The summed E-state index contributed by atoms with van der Waals surface area (Å²) >= 11 is 0. The number of rotatable bonds is 2. The van der Waals surface area contributed by atoms with Crippen LogP contribution in [0.15, 0.2) is 46.9 Å². The highest BCUT2D eigenvalue weighted by Crippen LogP contribution is 2.37. The molecule has 0 amide bonds. The van der Waals surface area contributed by atoms with Crippen LogP contribution >= 0.6 is 0 Å². The molecule has 0 spiro atoms. The van der Waals surface area contributed by atoms with Gasteiger partial charge in [0.05, 0.1) is 5.56 Å². The van der Waals surface area contributed by atoms with E-state index in [-0.39, 0.29) is 11.5 Å². The number of hydrogen-bond acceptors (Lipinski definition) is 3. The molecular formula is C16H10F4N2O. The van der Waals surface area contributed by atoms with Crippen LogP contribution in [0.25, 0.3) is 22.6 Å². The Bertz CT molecular complexity index is 855. The fourth-order valence-corrected chi connectivity index (χ4v) is 2.24. The highest BCUT2D eigenvalue weighted by molar-refractivity contribution is 5.80. The van der Waals surface area contributed by atoms with Gasteiger partial charge >= 0.3 is 6.18 Å². The molecule has 0 aliphatic heterocycles. The molecule has 3 rings (SSSR count). The van der Waals surface area contributed by atoms with Crippen LogP contribution in [0.2, 0.25) is 0 Å². The Labute approximate surface area is 128 Å². The molecule has 7 heteroatoms. The summed E-state index contributed by atoms with van der Waals surface area (Å²) in [7, 11) is 0. The molecule has 0 fully saturated rings. The summed E-state index contributed by atoms with van der Waals surface area (Å²) in [5.41, 5.74) is -0.175. The van der Waals surface area contributed by atoms with Gasteiger partial charge in [-0.1, -0.05) is 24.3 Å². The molecule has 0 saturated heterocycles. The fourth-order valence-electron chi connectivity index (χ4n) is 2.24. The Morgan fingerprint density at radius 2 is 1.65 bits per heavy atom. The molecule has 1 heterocycles. The fraction of sp³-hybridized carbons (Fsp3) is 0.125. The Balaban J connectivity index is 2.17. The van der Waals surface area contributed by atoms with Gasteiger partial charge in [0, 0.05) is 12.5 Å².